The zero-order chi connectivity index (χ0) is 95.5. The lowest BCUT2D eigenvalue weighted by molar-refractivity contribution is -0.149. The van der Waals surface area contributed by atoms with Crippen LogP contribution >= 0.6 is 11.8 Å². The molecule has 1 aromatic carbocycles. The van der Waals surface area contributed by atoms with Crippen LogP contribution in [-0.2, 0) is 92.7 Å². The fourth-order valence-corrected chi connectivity index (χ4v) is 16.6. The number of likely N-dealkylation sites (tertiary alicyclic amines) is 5. The van der Waals surface area contributed by atoms with Crippen molar-refractivity contribution in [2.24, 2.45) is 40.3 Å². The molecule has 0 aliphatic carbocycles. The van der Waals surface area contributed by atoms with Crippen molar-refractivity contribution >= 4 is 136 Å². The Bertz CT molecular complexity index is 4190. The summed E-state index contributed by atoms with van der Waals surface area (Å²) in [6.07, 6.45) is 0.269. The van der Waals surface area contributed by atoms with E-state index in [1.54, 1.807) is 20.1 Å². The average molecular weight is 1840 g/mol. The van der Waals surface area contributed by atoms with Gasteiger partial charge in [0.1, 0.15) is 90.3 Å². The second-order valence-electron chi connectivity index (χ2n) is 32.9. The Labute approximate surface area is 749 Å². The molecule has 0 aromatic heterocycles. The van der Waals surface area contributed by atoms with E-state index in [-0.39, 0.29) is 174 Å². The molecule has 0 radical (unpaired) electrons. The van der Waals surface area contributed by atoms with Crippen molar-refractivity contribution < 1.29 is 107 Å². The van der Waals surface area contributed by atoms with Crippen LogP contribution < -0.4 is 98.2 Å². The number of nitrogens with one attached hydrogen (secondary N) is 15. The van der Waals surface area contributed by atoms with Crippen LogP contribution in [0, 0.1) is 22.1 Å². The second-order valence-corrected chi connectivity index (χ2v) is 33.8. The Morgan fingerprint density at radius 3 is 1.09 bits per heavy atom. The number of nitrogens with two attached hydrogens (primary N) is 6. The largest absolute Gasteiger partial charge is 0.508 e. The SMILES string of the molecule is CSCC[C@H](NC(=O)[C@H](CC(N)=O)NC(=O)[C@@H]1CCCN1C(=O)[C@@H]1CCCN1C(=O)[C@H](CCCNC(=N)N)NC(=O)[C@@H]1CCCN1C(=O)[C@H](CCCNC(=N)N)NC(=O)[C@@H]1CCCN1C(=O)[C@H](CCCNC(=N)N)NC(=O)[C@H](Cc1ccc(O)cc1)NC(=O)[C@H](CC(=O)O)NC(=O)[C@@H]1CCCN1C(=O)[C@H](CCCCN)NC(=O)[C@H](CC(=O)O)NC(=O)[C@@H](N)C(C)C)C(=O)O. The fraction of sp³-hybridized carbons (Fsp3) is 0.662. The Morgan fingerprint density at radius 2 is 0.729 bits per heavy atom. The molecular formula is C80H128N26O22S. The van der Waals surface area contributed by atoms with Gasteiger partial charge in [-0.05, 0) is 171 Å². The van der Waals surface area contributed by atoms with Crippen LogP contribution in [0.2, 0.25) is 0 Å². The summed E-state index contributed by atoms with van der Waals surface area (Å²) in [5.41, 5.74) is 34.3. The molecule has 0 bridgehead atoms. The summed E-state index contributed by atoms with van der Waals surface area (Å²) in [7, 11) is 0. The van der Waals surface area contributed by atoms with E-state index in [0.717, 1.165) is 4.90 Å². The standard InChI is InChI=1S/C80H128N26O22S/c1-42(2)62(83)71(121)101-53(41-61(111)112)65(115)93-45(14-4-5-28-81)72(122)104-34-11-20-56(104)69(119)100-52(40-60(109)110)66(116)98-50(38-43-23-25-44(107)26-24-43)63(113)94-46(15-6-29-90-78(84)85)73(123)102-32-9-18-54(102)67(117)95-47(16-7-30-91-79(86)87)74(124)103-33-10-19-55(103)68(118)96-48(17-8-31-92-80(88)89)75(125)106-36-13-22-58(106)76(126)105-35-12-21-57(105)70(120)99-51(39-59(82)108)64(114)97-49(77(127)128)27-37-129-3/h23-26,42,45-58,62,107H,4-22,27-41,81,83H2,1-3H3,(H2,82,108)(H,93,115)(H,94,113)(H,95,117)(H,96,118)(H,97,114)(H,98,116)(H,99,120)(H,100,119)(H,101,121)(H,109,110)(H,111,112)(H,127,128)(H4,84,85,90)(H4,86,87,91)(H4,88,89,92)/t45-,46-,47-,48-,49-,50-,51-,52-,53-,54-,55-,56-,57-,58-,62-/m0/s1. The van der Waals surface area contributed by atoms with Gasteiger partial charge in [-0.1, -0.05) is 26.0 Å². The minimum Gasteiger partial charge on any atom is -0.508 e. The van der Waals surface area contributed by atoms with E-state index in [1.807, 2.05) is 0 Å². The quantitative estimate of drug-likeness (QED) is 0.0164. The fourth-order valence-electron chi connectivity index (χ4n) is 16.1. The molecule has 716 valence electrons. The maximum absolute atomic E-state index is 15.3. The molecule has 5 fully saturated rings. The van der Waals surface area contributed by atoms with E-state index in [4.69, 9.17) is 50.6 Å². The van der Waals surface area contributed by atoms with Crippen molar-refractivity contribution in [2.45, 2.75) is 259 Å². The first-order valence-electron chi connectivity index (χ1n) is 43.3. The summed E-state index contributed by atoms with van der Waals surface area (Å²) in [6, 6.07) is -16.5. The number of guanidine groups is 3. The third-order valence-corrected chi connectivity index (χ3v) is 23.5. The molecule has 0 unspecified atom stereocenters. The zero-order valence-corrected chi connectivity index (χ0v) is 73.7. The van der Waals surface area contributed by atoms with Gasteiger partial charge in [0.15, 0.2) is 17.9 Å². The molecule has 49 heteroatoms. The number of aliphatic carboxylic acids is 3. The number of amides is 15. The Kier molecular flexibility index (Phi) is 42.6. The van der Waals surface area contributed by atoms with Gasteiger partial charge in [-0.2, -0.15) is 11.8 Å². The lowest BCUT2D eigenvalue weighted by Gasteiger charge is -2.34. The van der Waals surface area contributed by atoms with Gasteiger partial charge in [-0.3, -0.25) is 97.7 Å². The van der Waals surface area contributed by atoms with Crippen LogP contribution in [0.1, 0.15) is 167 Å². The number of carboxylic acids is 3. The third kappa shape index (κ3) is 32.7. The molecule has 48 nitrogen and oxygen atoms in total. The number of phenols is 1. The number of nitrogens with zero attached hydrogens (tertiary/aromatic N) is 5. The average Bonchev–Trinajstić information content (AvgIpc) is 1.66. The van der Waals surface area contributed by atoms with E-state index in [9.17, 15) is 82.8 Å². The monoisotopic (exact) mass is 1840 g/mol. The van der Waals surface area contributed by atoms with Gasteiger partial charge in [0.2, 0.25) is 88.6 Å². The van der Waals surface area contributed by atoms with E-state index in [1.165, 1.54) is 55.6 Å². The number of hydrogen-bond acceptors (Lipinski definition) is 25. The highest BCUT2D eigenvalue weighted by Gasteiger charge is 2.48. The summed E-state index contributed by atoms with van der Waals surface area (Å²) in [5.74, 6) is -19.6. The summed E-state index contributed by atoms with van der Waals surface area (Å²) in [5, 5.41) is 94.1. The van der Waals surface area contributed by atoms with E-state index in [0.29, 0.717) is 30.6 Å². The number of aromatic hydroxyl groups is 1. The molecule has 5 aliphatic rings. The van der Waals surface area contributed by atoms with Crippen molar-refractivity contribution in [1.29, 1.82) is 16.2 Å². The third-order valence-electron chi connectivity index (χ3n) is 22.9. The lowest BCUT2D eigenvalue weighted by Crippen LogP contribution is -2.61. The van der Waals surface area contributed by atoms with Gasteiger partial charge in [0.05, 0.1) is 25.3 Å². The van der Waals surface area contributed by atoms with Crippen molar-refractivity contribution in [3.63, 3.8) is 0 Å². The second kappa shape index (κ2) is 52.1. The van der Waals surface area contributed by atoms with Crippen molar-refractivity contribution in [1.82, 2.24) is 88.3 Å². The molecule has 5 saturated heterocycles. The number of rotatable bonds is 52. The normalized spacial score (nSPS) is 19.4. The predicted octanol–water partition coefficient (Wildman–Crippen LogP) is -7.18. The number of carbonyl (C=O) groups excluding carboxylic acids is 15. The zero-order valence-electron chi connectivity index (χ0n) is 72.8. The van der Waals surface area contributed by atoms with Crippen LogP contribution in [0.5, 0.6) is 5.75 Å². The van der Waals surface area contributed by atoms with Gasteiger partial charge in [0, 0.05) is 58.8 Å². The highest BCUT2D eigenvalue weighted by molar-refractivity contribution is 7.98. The van der Waals surface area contributed by atoms with Crippen molar-refractivity contribution in [2.75, 3.05) is 70.9 Å². The minimum absolute atomic E-state index is 0.00443. The first-order chi connectivity index (χ1) is 61.2. The molecule has 5 aliphatic heterocycles. The topological polar surface area (TPSA) is 776 Å². The van der Waals surface area contributed by atoms with Gasteiger partial charge in [0.25, 0.3) is 0 Å². The van der Waals surface area contributed by atoms with Crippen LogP contribution in [0.15, 0.2) is 24.3 Å². The van der Waals surface area contributed by atoms with Gasteiger partial charge in [-0.25, -0.2) is 4.79 Å². The summed E-state index contributed by atoms with van der Waals surface area (Å²) >= 11 is 1.33. The van der Waals surface area contributed by atoms with Gasteiger partial charge < -0.3 is 143 Å². The number of primary amides is 1. The number of unbranched alkanes of at least 4 members (excludes halogenated alkanes) is 1. The van der Waals surface area contributed by atoms with Crippen molar-refractivity contribution in [3.05, 3.63) is 29.8 Å². The molecular weight excluding hydrogens is 1710 g/mol. The van der Waals surface area contributed by atoms with Crippen LogP contribution in [0.25, 0.3) is 0 Å². The molecule has 0 saturated carbocycles. The maximum Gasteiger partial charge on any atom is 0.326 e. The number of thioether (sulfide) groups is 1. The molecule has 5 heterocycles. The minimum atomic E-state index is -1.99. The Hall–Kier alpha value is -12.4. The maximum atomic E-state index is 15.3. The molecule has 31 N–H and O–H groups in total. The van der Waals surface area contributed by atoms with E-state index < -0.39 is 247 Å². The van der Waals surface area contributed by atoms with E-state index in [2.05, 4.69) is 63.8 Å². The molecule has 1 aromatic rings. The molecule has 15 amide bonds. The molecule has 0 spiro atoms. The lowest BCUT2D eigenvalue weighted by atomic mass is 10.0. The molecule has 6 rings (SSSR count). The van der Waals surface area contributed by atoms with Crippen molar-refractivity contribution in [3.8, 4) is 5.75 Å². The predicted molar refractivity (Wildman–Crippen MR) is 465 cm³/mol. The van der Waals surface area contributed by atoms with Crippen LogP contribution in [0.4, 0.5) is 0 Å². The van der Waals surface area contributed by atoms with E-state index >= 15 is 24.0 Å². The number of hydrogen-bond donors (Lipinski definition) is 25. The molecule has 15 atom stereocenters. The number of benzene rings is 1. The van der Waals surface area contributed by atoms with Crippen LogP contribution in [0.3, 0.4) is 0 Å². The highest BCUT2D eigenvalue weighted by atomic mass is 32.2. The first-order valence-corrected chi connectivity index (χ1v) is 44.7. The Morgan fingerprint density at radius 1 is 0.411 bits per heavy atom. The van der Waals surface area contributed by atoms with Gasteiger partial charge >= 0.3 is 17.9 Å². The highest BCUT2D eigenvalue weighted by Crippen LogP contribution is 2.29. The summed E-state index contributed by atoms with van der Waals surface area (Å²) < 4.78 is 0. The van der Waals surface area contributed by atoms with Crippen LogP contribution in [-0.4, -0.2) is 331 Å². The first kappa shape index (κ1) is 105. The smallest absolute Gasteiger partial charge is 0.326 e. The molecule has 129 heavy (non-hydrogen) atoms. The van der Waals surface area contributed by atoms with Gasteiger partial charge in [-0.15, -0.1) is 0 Å². The summed E-state index contributed by atoms with van der Waals surface area (Å²) in [4.78, 5) is 258. The number of carbonyl (C=O) groups is 18. The Balaban J connectivity index is 1.23. The summed E-state index contributed by atoms with van der Waals surface area (Å²) in [6.45, 7) is 3.26. The number of carboxylic acid groups (broad SMARTS) is 3. The number of phenolic OH excluding ortho intramolecular Hbond substituents is 1.